The first-order valence-electron chi connectivity index (χ1n) is 15.3. The van der Waals surface area contributed by atoms with Gasteiger partial charge < -0.3 is 14.7 Å². The zero-order valence-electron chi connectivity index (χ0n) is 26.1. The van der Waals surface area contributed by atoms with Gasteiger partial charge in [-0.2, -0.15) is 0 Å². The average molecular weight is 589 g/mol. The first kappa shape index (κ1) is 30.6. The summed E-state index contributed by atoms with van der Waals surface area (Å²) in [4.78, 5) is 31.1. The Morgan fingerprint density at radius 3 is 2.14 bits per heavy atom. The highest BCUT2D eigenvalue weighted by molar-refractivity contribution is 6.51. The van der Waals surface area contributed by atoms with Gasteiger partial charge in [-0.1, -0.05) is 68.4 Å². The van der Waals surface area contributed by atoms with E-state index in [1.54, 1.807) is 18.2 Å². The van der Waals surface area contributed by atoms with Gasteiger partial charge in [0.05, 0.1) is 11.6 Å². The molecule has 1 heterocycles. The van der Waals surface area contributed by atoms with Crippen LogP contribution in [0, 0.1) is 6.92 Å². The van der Waals surface area contributed by atoms with E-state index in [0.29, 0.717) is 29.5 Å². The highest BCUT2D eigenvalue weighted by Crippen LogP contribution is 2.43. The lowest BCUT2D eigenvalue weighted by Gasteiger charge is -2.27. The maximum absolute atomic E-state index is 13.7. The third-order valence-corrected chi connectivity index (χ3v) is 8.31. The van der Waals surface area contributed by atoms with Crippen molar-refractivity contribution in [2.45, 2.75) is 53.2 Å². The Labute approximate surface area is 260 Å². The lowest BCUT2D eigenvalue weighted by molar-refractivity contribution is -0.132. The largest absolute Gasteiger partial charge is 0.507 e. The summed E-state index contributed by atoms with van der Waals surface area (Å²) < 4.78 is 6.03. The summed E-state index contributed by atoms with van der Waals surface area (Å²) in [7, 11) is 0. The van der Waals surface area contributed by atoms with Crippen LogP contribution in [0.25, 0.3) is 5.76 Å². The Balaban J connectivity index is 1.56. The number of amides is 1. The van der Waals surface area contributed by atoms with Crippen molar-refractivity contribution >= 4 is 28.8 Å². The molecule has 1 aliphatic heterocycles. The fourth-order valence-corrected chi connectivity index (χ4v) is 5.74. The number of rotatable bonds is 10. The zero-order valence-corrected chi connectivity index (χ0v) is 26.1. The normalized spacial score (nSPS) is 16.0. The van der Waals surface area contributed by atoms with E-state index in [9.17, 15) is 14.7 Å². The summed E-state index contributed by atoms with van der Waals surface area (Å²) in [6.45, 7) is 12.5. The molecule has 6 heteroatoms. The molecule has 226 valence electrons. The van der Waals surface area contributed by atoms with E-state index in [1.165, 1.54) is 4.90 Å². The van der Waals surface area contributed by atoms with Gasteiger partial charge in [-0.25, -0.2) is 0 Å². The second kappa shape index (κ2) is 13.2. The van der Waals surface area contributed by atoms with Crippen LogP contribution in [0.15, 0.2) is 103 Å². The molecule has 5 rings (SSSR count). The van der Waals surface area contributed by atoms with Gasteiger partial charge in [0.15, 0.2) is 0 Å². The van der Waals surface area contributed by atoms with Gasteiger partial charge >= 0.3 is 0 Å². The number of ketones is 1. The topological polar surface area (TPSA) is 70.1 Å². The molecule has 4 aromatic carbocycles. The van der Waals surface area contributed by atoms with Crippen LogP contribution in [0.3, 0.4) is 0 Å². The molecule has 0 saturated carbocycles. The molecule has 0 aliphatic carbocycles. The molecule has 0 bridgehead atoms. The van der Waals surface area contributed by atoms with E-state index >= 15 is 0 Å². The molecule has 1 saturated heterocycles. The number of hydrogen-bond donors (Lipinski definition) is 1. The summed E-state index contributed by atoms with van der Waals surface area (Å²) >= 11 is 0. The first-order chi connectivity index (χ1) is 21.2. The monoisotopic (exact) mass is 588 g/mol. The van der Waals surface area contributed by atoms with Gasteiger partial charge in [0.2, 0.25) is 0 Å². The van der Waals surface area contributed by atoms with Gasteiger partial charge in [-0.15, -0.1) is 0 Å². The van der Waals surface area contributed by atoms with Crippen molar-refractivity contribution in [3.05, 3.63) is 130 Å². The second-order valence-corrected chi connectivity index (χ2v) is 11.4. The van der Waals surface area contributed by atoms with Crippen molar-refractivity contribution in [2.24, 2.45) is 0 Å². The molecule has 4 aromatic rings. The SMILES string of the molecule is CCN(CC)c1ccc(C2/C(=C(/O)c3ccc(OCc4ccccc4)c(C)c3)C(=O)C(=O)N2c2ccc(C(C)C)cc2)cc1. The number of hydrogen-bond acceptors (Lipinski definition) is 5. The predicted molar refractivity (Wildman–Crippen MR) is 177 cm³/mol. The van der Waals surface area contributed by atoms with Crippen LogP contribution in [0.1, 0.15) is 67.5 Å². The second-order valence-electron chi connectivity index (χ2n) is 11.4. The lowest BCUT2D eigenvalue weighted by atomic mass is 9.94. The quantitative estimate of drug-likeness (QED) is 0.115. The van der Waals surface area contributed by atoms with Crippen molar-refractivity contribution < 1.29 is 19.4 Å². The highest BCUT2D eigenvalue weighted by Gasteiger charge is 2.47. The minimum atomic E-state index is -0.792. The van der Waals surface area contributed by atoms with Crippen molar-refractivity contribution in [2.75, 3.05) is 22.9 Å². The molecule has 6 nitrogen and oxygen atoms in total. The van der Waals surface area contributed by atoms with E-state index in [-0.39, 0.29) is 11.3 Å². The number of Topliss-reactive ketones (excluding diaryl/α,β-unsaturated/α-hetero) is 1. The van der Waals surface area contributed by atoms with Gasteiger partial charge in [0.25, 0.3) is 11.7 Å². The Hall–Kier alpha value is -4.84. The Bertz CT molecular complexity index is 1650. The molecule has 1 atom stereocenters. The maximum atomic E-state index is 13.7. The number of carbonyl (C=O) groups excluding carboxylic acids is 2. The molecule has 0 radical (unpaired) electrons. The zero-order chi connectivity index (χ0) is 31.4. The van der Waals surface area contributed by atoms with Crippen LogP contribution in [0.5, 0.6) is 5.75 Å². The maximum Gasteiger partial charge on any atom is 0.300 e. The Kier molecular flexibility index (Phi) is 9.19. The lowest BCUT2D eigenvalue weighted by Crippen LogP contribution is -2.29. The smallest absolute Gasteiger partial charge is 0.300 e. The molecule has 1 N–H and O–H groups in total. The number of carbonyl (C=O) groups is 2. The van der Waals surface area contributed by atoms with E-state index in [1.807, 2.05) is 85.8 Å². The number of anilines is 2. The van der Waals surface area contributed by atoms with Crippen LogP contribution in [-0.4, -0.2) is 29.9 Å². The molecule has 0 aromatic heterocycles. The standard InChI is InChI=1S/C38H40N2O4/c1-6-39(7-2)31-18-15-29(16-19-31)35-34(37(42)38(43)40(35)32-20-13-28(14-21-32)25(3)4)36(41)30-17-22-33(26(5)23-30)44-24-27-11-9-8-10-12-27/h8-23,25,35,41H,6-7,24H2,1-5H3/b36-34-. The molecule has 1 fully saturated rings. The number of aliphatic hydroxyl groups is 1. The molecule has 1 unspecified atom stereocenters. The van der Waals surface area contributed by atoms with E-state index in [0.717, 1.165) is 41.0 Å². The minimum Gasteiger partial charge on any atom is -0.507 e. The van der Waals surface area contributed by atoms with Crippen molar-refractivity contribution in [3.63, 3.8) is 0 Å². The van der Waals surface area contributed by atoms with E-state index in [4.69, 9.17) is 4.74 Å². The summed E-state index contributed by atoms with van der Waals surface area (Å²) in [6.07, 6.45) is 0. The summed E-state index contributed by atoms with van der Waals surface area (Å²) in [5.74, 6) is -0.581. The third-order valence-electron chi connectivity index (χ3n) is 8.31. The van der Waals surface area contributed by atoms with Gasteiger partial charge in [0, 0.05) is 30.0 Å². The van der Waals surface area contributed by atoms with E-state index in [2.05, 4.69) is 32.6 Å². The van der Waals surface area contributed by atoms with Gasteiger partial charge in [0.1, 0.15) is 18.1 Å². The van der Waals surface area contributed by atoms with Gasteiger partial charge in [-0.05, 0) is 91.4 Å². The fraction of sp³-hybridized carbons (Fsp3) is 0.263. The van der Waals surface area contributed by atoms with Crippen molar-refractivity contribution in [3.8, 4) is 5.75 Å². The average Bonchev–Trinajstić information content (AvgIpc) is 3.31. The molecule has 1 amide bonds. The van der Waals surface area contributed by atoms with Gasteiger partial charge in [-0.3, -0.25) is 14.5 Å². The first-order valence-corrected chi connectivity index (χ1v) is 15.3. The molecule has 1 aliphatic rings. The number of aryl methyl sites for hydroxylation is 1. The van der Waals surface area contributed by atoms with Crippen LogP contribution < -0.4 is 14.5 Å². The number of nitrogens with zero attached hydrogens (tertiary/aromatic N) is 2. The van der Waals surface area contributed by atoms with Crippen molar-refractivity contribution in [1.82, 2.24) is 0 Å². The van der Waals surface area contributed by atoms with Crippen molar-refractivity contribution in [1.29, 1.82) is 0 Å². The van der Waals surface area contributed by atoms with E-state index < -0.39 is 17.7 Å². The Morgan fingerprint density at radius 2 is 1.55 bits per heavy atom. The fourth-order valence-electron chi connectivity index (χ4n) is 5.74. The van der Waals surface area contributed by atoms with Crippen LogP contribution in [0.4, 0.5) is 11.4 Å². The third kappa shape index (κ3) is 6.11. The summed E-state index contributed by atoms with van der Waals surface area (Å²) in [6, 6.07) is 30.0. The summed E-state index contributed by atoms with van der Waals surface area (Å²) in [5.41, 5.74) is 5.91. The number of ether oxygens (including phenoxy) is 1. The predicted octanol–water partition coefficient (Wildman–Crippen LogP) is 8.17. The van der Waals surface area contributed by atoms with Crippen LogP contribution in [-0.2, 0) is 16.2 Å². The molecule has 44 heavy (non-hydrogen) atoms. The Morgan fingerprint density at radius 1 is 0.886 bits per heavy atom. The number of aliphatic hydroxyl groups excluding tert-OH is 1. The molecular weight excluding hydrogens is 548 g/mol. The molecule has 0 spiro atoms. The molecular formula is C38H40N2O4. The van der Waals surface area contributed by atoms with Crippen LogP contribution >= 0.6 is 0 Å². The van der Waals surface area contributed by atoms with Crippen LogP contribution in [0.2, 0.25) is 0 Å². The highest BCUT2D eigenvalue weighted by atomic mass is 16.5. The minimum absolute atomic E-state index is 0.0656. The number of benzene rings is 4. The summed E-state index contributed by atoms with van der Waals surface area (Å²) in [5, 5.41) is 11.7.